The van der Waals surface area contributed by atoms with E-state index >= 15 is 0 Å². The Balaban J connectivity index is 1.75. The Morgan fingerprint density at radius 2 is 2.13 bits per heavy atom. The number of benzene rings is 1. The molecule has 0 aliphatic heterocycles. The Morgan fingerprint density at radius 1 is 1.30 bits per heavy atom. The van der Waals surface area contributed by atoms with E-state index in [0.717, 1.165) is 29.7 Å². The summed E-state index contributed by atoms with van der Waals surface area (Å²) >= 11 is 0. The van der Waals surface area contributed by atoms with Gasteiger partial charge in [0.05, 0.1) is 28.7 Å². The lowest BCUT2D eigenvalue weighted by atomic mass is 9.95. The zero-order valence-corrected chi connectivity index (χ0v) is 13.4. The average Bonchev–Trinajstić information content (AvgIpc) is 3.09. The van der Waals surface area contributed by atoms with E-state index in [1.807, 2.05) is 26.1 Å². The van der Waals surface area contributed by atoms with Crippen LogP contribution in [-0.2, 0) is 19.9 Å². The molecule has 23 heavy (non-hydrogen) atoms. The molecule has 4 rings (SSSR count). The van der Waals surface area contributed by atoms with Crippen molar-refractivity contribution in [1.29, 1.82) is 0 Å². The van der Waals surface area contributed by atoms with E-state index in [4.69, 9.17) is 0 Å². The van der Waals surface area contributed by atoms with Gasteiger partial charge in [0.15, 0.2) is 0 Å². The number of hydrogen-bond donors (Lipinski definition) is 2. The topological polar surface area (TPSA) is 62.7 Å². The van der Waals surface area contributed by atoms with Crippen molar-refractivity contribution in [2.24, 2.45) is 7.05 Å². The van der Waals surface area contributed by atoms with Crippen LogP contribution in [0.25, 0.3) is 10.9 Å². The summed E-state index contributed by atoms with van der Waals surface area (Å²) < 4.78 is 1.75. The highest BCUT2D eigenvalue weighted by molar-refractivity contribution is 6.12. The first-order chi connectivity index (χ1) is 11.1. The molecule has 1 aliphatic rings. The number of fused-ring (bicyclic) bond motifs is 3. The molecule has 0 spiro atoms. The van der Waals surface area contributed by atoms with Crippen LogP contribution in [0.4, 0.5) is 5.69 Å². The number of nitrogens with one attached hydrogen (secondary N) is 2. The second kappa shape index (κ2) is 5.26. The van der Waals surface area contributed by atoms with Crippen molar-refractivity contribution in [3.63, 3.8) is 0 Å². The maximum Gasteiger partial charge on any atom is 0.257 e. The van der Waals surface area contributed by atoms with Crippen molar-refractivity contribution in [2.75, 3.05) is 5.32 Å². The van der Waals surface area contributed by atoms with E-state index < -0.39 is 0 Å². The number of carbonyl (C=O) groups is 1. The second-order valence-electron chi connectivity index (χ2n) is 6.24. The van der Waals surface area contributed by atoms with Gasteiger partial charge in [0.25, 0.3) is 5.91 Å². The minimum Gasteiger partial charge on any atom is -0.358 e. The number of hydrogen-bond acceptors (Lipinski definition) is 2. The number of anilines is 1. The molecule has 2 N–H and O–H groups in total. The highest BCUT2D eigenvalue weighted by Crippen LogP contribution is 2.31. The predicted molar refractivity (Wildman–Crippen MR) is 90.8 cm³/mol. The number of H-pyrrole nitrogens is 1. The molecular weight excluding hydrogens is 288 g/mol. The lowest BCUT2D eigenvalue weighted by Gasteiger charge is -2.10. The van der Waals surface area contributed by atoms with Crippen LogP contribution < -0.4 is 5.32 Å². The number of aromatic nitrogens is 3. The molecule has 5 heteroatoms. The Kier molecular flexibility index (Phi) is 3.22. The number of rotatable bonds is 2. The SMILES string of the molecule is Cc1c(NC(=O)c2cccc3c4c([nH]c23)CCCC4)cnn1C. The summed E-state index contributed by atoms with van der Waals surface area (Å²) in [5.74, 6) is -0.0923. The number of para-hydroxylation sites is 1. The van der Waals surface area contributed by atoms with E-state index in [9.17, 15) is 4.79 Å². The monoisotopic (exact) mass is 308 g/mol. The van der Waals surface area contributed by atoms with Crippen LogP contribution in [0, 0.1) is 6.92 Å². The lowest BCUT2D eigenvalue weighted by molar-refractivity contribution is 0.102. The van der Waals surface area contributed by atoms with Gasteiger partial charge in [-0.05, 0) is 44.2 Å². The summed E-state index contributed by atoms with van der Waals surface area (Å²) in [6.45, 7) is 1.94. The molecule has 0 bridgehead atoms. The highest BCUT2D eigenvalue weighted by Gasteiger charge is 2.20. The number of nitrogens with zero attached hydrogens (tertiary/aromatic N) is 2. The van der Waals surface area contributed by atoms with Gasteiger partial charge < -0.3 is 10.3 Å². The fraction of sp³-hybridized carbons (Fsp3) is 0.333. The van der Waals surface area contributed by atoms with Crippen LogP contribution >= 0.6 is 0 Å². The van der Waals surface area contributed by atoms with Crippen molar-refractivity contribution in [3.05, 3.63) is 46.9 Å². The molecule has 1 aromatic carbocycles. The van der Waals surface area contributed by atoms with Gasteiger partial charge >= 0.3 is 0 Å². The van der Waals surface area contributed by atoms with Gasteiger partial charge in [-0.2, -0.15) is 5.10 Å². The molecular formula is C18H20N4O. The molecule has 0 atom stereocenters. The number of amides is 1. The van der Waals surface area contributed by atoms with E-state index in [-0.39, 0.29) is 5.91 Å². The van der Waals surface area contributed by atoms with Crippen molar-refractivity contribution >= 4 is 22.5 Å². The average molecular weight is 308 g/mol. The Hall–Kier alpha value is -2.56. The highest BCUT2D eigenvalue weighted by atomic mass is 16.1. The summed E-state index contributed by atoms with van der Waals surface area (Å²) in [7, 11) is 1.87. The first-order valence-electron chi connectivity index (χ1n) is 8.07. The number of aromatic amines is 1. The quantitative estimate of drug-likeness (QED) is 0.762. The van der Waals surface area contributed by atoms with Crippen molar-refractivity contribution in [1.82, 2.24) is 14.8 Å². The van der Waals surface area contributed by atoms with Crippen molar-refractivity contribution in [2.45, 2.75) is 32.6 Å². The minimum atomic E-state index is -0.0923. The summed E-state index contributed by atoms with van der Waals surface area (Å²) in [5.41, 5.74) is 6.03. The van der Waals surface area contributed by atoms with Gasteiger partial charge in [0.2, 0.25) is 0 Å². The minimum absolute atomic E-state index is 0.0923. The molecule has 2 heterocycles. The van der Waals surface area contributed by atoms with Gasteiger partial charge in [-0.15, -0.1) is 0 Å². The molecule has 5 nitrogen and oxygen atoms in total. The molecule has 0 saturated carbocycles. The molecule has 0 fully saturated rings. The summed E-state index contributed by atoms with van der Waals surface area (Å²) in [5, 5.41) is 8.34. The molecule has 0 radical (unpaired) electrons. The van der Waals surface area contributed by atoms with Crippen LogP contribution in [0.1, 0.15) is 40.2 Å². The third-order valence-corrected chi connectivity index (χ3v) is 4.86. The van der Waals surface area contributed by atoms with E-state index in [0.29, 0.717) is 5.56 Å². The van der Waals surface area contributed by atoms with Crippen LogP contribution in [0.15, 0.2) is 24.4 Å². The van der Waals surface area contributed by atoms with Crippen LogP contribution in [0.3, 0.4) is 0 Å². The fourth-order valence-corrected chi connectivity index (χ4v) is 3.43. The lowest BCUT2D eigenvalue weighted by Crippen LogP contribution is -2.13. The van der Waals surface area contributed by atoms with Crippen LogP contribution in [0.5, 0.6) is 0 Å². The van der Waals surface area contributed by atoms with Crippen molar-refractivity contribution in [3.8, 4) is 0 Å². The zero-order valence-electron chi connectivity index (χ0n) is 13.4. The third kappa shape index (κ3) is 2.23. The largest absolute Gasteiger partial charge is 0.358 e. The van der Waals surface area contributed by atoms with E-state index in [1.54, 1.807) is 10.9 Å². The molecule has 3 aromatic rings. The standard InChI is InChI=1S/C18H20N4O/c1-11-16(10-19-22(11)2)21-18(23)14-8-5-7-13-12-6-3-4-9-15(12)20-17(13)14/h5,7-8,10,20H,3-4,6,9H2,1-2H3,(H,21,23). The van der Waals surface area contributed by atoms with Crippen molar-refractivity contribution < 1.29 is 4.79 Å². The van der Waals surface area contributed by atoms with E-state index in [1.165, 1.54) is 29.5 Å². The smallest absolute Gasteiger partial charge is 0.257 e. The Labute approximate surface area is 134 Å². The number of carbonyl (C=O) groups excluding carboxylic acids is 1. The van der Waals surface area contributed by atoms with Gasteiger partial charge in [-0.25, -0.2) is 0 Å². The maximum atomic E-state index is 12.7. The van der Waals surface area contributed by atoms with Gasteiger partial charge in [0, 0.05) is 18.1 Å². The first kappa shape index (κ1) is 14.1. The Bertz CT molecular complexity index is 903. The summed E-state index contributed by atoms with van der Waals surface area (Å²) in [4.78, 5) is 16.2. The molecule has 1 amide bonds. The summed E-state index contributed by atoms with van der Waals surface area (Å²) in [6, 6.07) is 5.96. The summed E-state index contributed by atoms with van der Waals surface area (Å²) in [6.07, 6.45) is 6.31. The maximum absolute atomic E-state index is 12.7. The first-order valence-corrected chi connectivity index (χ1v) is 8.07. The van der Waals surface area contributed by atoms with Gasteiger partial charge in [0.1, 0.15) is 0 Å². The van der Waals surface area contributed by atoms with E-state index in [2.05, 4.69) is 21.5 Å². The Morgan fingerprint density at radius 3 is 2.91 bits per heavy atom. The molecule has 2 aromatic heterocycles. The molecule has 118 valence electrons. The predicted octanol–water partition coefficient (Wildman–Crippen LogP) is 3.34. The van der Waals surface area contributed by atoms with Crippen LogP contribution in [0.2, 0.25) is 0 Å². The van der Waals surface area contributed by atoms with Gasteiger partial charge in [-0.3, -0.25) is 9.48 Å². The fourth-order valence-electron chi connectivity index (χ4n) is 3.43. The van der Waals surface area contributed by atoms with Gasteiger partial charge in [-0.1, -0.05) is 12.1 Å². The third-order valence-electron chi connectivity index (χ3n) is 4.86. The normalized spacial score (nSPS) is 14.0. The molecule has 0 saturated heterocycles. The van der Waals surface area contributed by atoms with Crippen LogP contribution in [-0.4, -0.2) is 20.7 Å². The zero-order chi connectivity index (χ0) is 16.0. The molecule has 1 aliphatic carbocycles. The number of aryl methyl sites for hydroxylation is 3. The second-order valence-corrected chi connectivity index (χ2v) is 6.24. The molecule has 0 unspecified atom stereocenters.